The number of carboxylic acid groups (broad SMARTS) is 1. The van der Waals surface area contributed by atoms with E-state index in [-0.39, 0.29) is 0 Å². The van der Waals surface area contributed by atoms with E-state index < -0.39 is 12.0 Å². The molecule has 1 fully saturated rings. The van der Waals surface area contributed by atoms with Crippen molar-refractivity contribution in [3.8, 4) is 5.75 Å². The molecule has 5 heteroatoms. The Balaban J connectivity index is 2.00. The normalized spacial score (nSPS) is 20.2. The summed E-state index contributed by atoms with van der Waals surface area (Å²) in [5, 5.41) is 13.0. The number of aliphatic carboxylic acids is 1. The van der Waals surface area contributed by atoms with Crippen molar-refractivity contribution >= 4 is 5.97 Å². The molecule has 0 aromatic heterocycles. The van der Waals surface area contributed by atoms with Gasteiger partial charge in [-0.2, -0.15) is 0 Å². The summed E-state index contributed by atoms with van der Waals surface area (Å²) >= 11 is 0. The van der Waals surface area contributed by atoms with Crippen LogP contribution in [0.4, 0.5) is 0 Å². The topological polar surface area (TPSA) is 61.8 Å². The number of rotatable bonds is 8. The number of unbranched alkanes of at least 4 members (excludes halogenated alkanes) is 2. The van der Waals surface area contributed by atoms with Gasteiger partial charge in [0, 0.05) is 25.7 Å². The van der Waals surface area contributed by atoms with Gasteiger partial charge in [-0.25, -0.2) is 0 Å². The third-order valence-corrected chi connectivity index (χ3v) is 4.21. The van der Waals surface area contributed by atoms with E-state index in [0.29, 0.717) is 12.6 Å². The molecule has 2 N–H and O–H groups in total. The Morgan fingerprint density at radius 3 is 2.74 bits per heavy atom. The Hall–Kier alpha value is -1.59. The summed E-state index contributed by atoms with van der Waals surface area (Å²) in [6.07, 6.45) is 3.39. The molecule has 1 saturated heterocycles. The summed E-state index contributed by atoms with van der Waals surface area (Å²) in [5.41, 5.74) is 0.813. The van der Waals surface area contributed by atoms with Gasteiger partial charge in [0.05, 0.1) is 6.61 Å². The maximum atomic E-state index is 11.7. The molecule has 1 aromatic rings. The quantitative estimate of drug-likeness (QED) is 0.721. The van der Waals surface area contributed by atoms with E-state index in [1.807, 2.05) is 29.2 Å². The number of nitrogens with zero attached hydrogens (tertiary/aromatic N) is 1. The second kappa shape index (κ2) is 8.89. The maximum Gasteiger partial charge on any atom is 0.325 e. The molecule has 5 nitrogen and oxygen atoms in total. The van der Waals surface area contributed by atoms with E-state index >= 15 is 0 Å². The molecule has 1 aliphatic rings. The van der Waals surface area contributed by atoms with E-state index in [0.717, 1.165) is 37.4 Å². The van der Waals surface area contributed by atoms with Gasteiger partial charge in [-0.1, -0.05) is 31.9 Å². The first-order chi connectivity index (χ1) is 11.1. The molecule has 2 rings (SSSR count). The molecular weight excluding hydrogens is 292 g/mol. The lowest BCUT2D eigenvalue weighted by atomic mass is 10.0. The SMILES string of the molecule is CCCCCOc1ccc(C(C(=O)O)N2CCNC(C)C2)cc1. The molecule has 1 heterocycles. The average Bonchev–Trinajstić information content (AvgIpc) is 2.53. The highest BCUT2D eigenvalue weighted by Gasteiger charge is 2.30. The second-order valence-electron chi connectivity index (χ2n) is 6.22. The van der Waals surface area contributed by atoms with Crippen molar-refractivity contribution < 1.29 is 14.6 Å². The van der Waals surface area contributed by atoms with Gasteiger partial charge in [-0.05, 0) is 31.0 Å². The molecule has 0 bridgehead atoms. The van der Waals surface area contributed by atoms with Crippen LogP contribution in [0.5, 0.6) is 5.75 Å². The molecule has 0 aliphatic carbocycles. The van der Waals surface area contributed by atoms with Crippen LogP contribution in [0.3, 0.4) is 0 Å². The van der Waals surface area contributed by atoms with E-state index in [9.17, 15) is 9.90 Å². The average molecular weight is 320 g/mol. The fraction of sp³-hybridized carbons (Fsp3) is 0.611. The third-order valence-electron chi connectivity index (χ3n) is 4.21. The molecule has 128 valence electrons. The first-order valence-electron chi connectivity index (χ1n) is 8.54. The maximum absolute atomic E-state index is 11.7. The number of piperazine rings is 1. The molecule has 0 amide bonds. The first kappa shape index (κ1) is 17.8. The zero-order valence-corrected chi connectivity index (χ0v) is 14.1. The zero-order valence-electron chi connectivity index (χ0n) is 14.1. The standard InChI is InChI=1S/C18H28N2O3/c1-3-4-5-12-23-16-8-6-15(7-9-16)17(18(21)22)20-11-10-19-14(2)13-20/h6-9,14,17,19H,3-5,10-13H2,1-2H3,(H,21,22). The van der Waals surface area contributed by atoms with E-state index in [1.165, 1.54) is 12.8 Å². The highest BCUT2D eigenvalue weighted by molar-refractivity contribution is 5.75. The summed E-state index contributed by atoms with van der Waals surface area (Å²) in [6, 6.07) is 7.23. The van der Waals surface area contributed by atoms with E-state index in [1.54, 1.807) is 0 Å². The minimum Gasteiger partial charge on any atom is -0.494 e. The van der Waals surface area contributed by atoms with Crippen molar-refractivity contribution in [1.82, 2.24) is 10.2 Å². The van der Waals surface area contributed by atoms with Gasteiger partial charge >= 0.3 is 5.97 Å². The molecule has 0 saturated carbocycles. The number of benzene rings is 1. The summed E-state index contributed by atoms with van der Waals surface area (Å²) in [4.78, 5) is 13.8. The molecule has 2 unspecified atom stereocenters. The van der Waals surface area contributed by atoms with Gasteiger partial charge in [0.1, 0.15) is 11.8 Å². The van der Waals surface area contributed by atoms with Gasteiger partial charge in [-0.3, -0.25) is 9.69 Å². The smallest absolute Gasteiger partial charge is 0.325 e. The predicted molar refractivity (Wildman–Crippen MR) is 90.9 cm³/mol. The van der Waals surface area contributed by atoms with Gasteiger partial charge in [0.25, 0.3) is 0 Å². The van der Waals surface area contributed by atoms with Crippen molar-refractivity contribution in [2.75, 3.05) is 26.2 Å². The number of ether oxygens (including phenoxy) is 1. The lowest BCUT2D eigenvalue weighted by molar-refractivity contribution is -0.144. The van der Waals surface area contributed by atoms with Crippen LogP contribution in [0.15, 0.2) is 24.3 Å². The lowest BCUT2D eigenvalue weighted by Crippen LogP contribution is -2.51. The molecule has 0 spiro atoms. The van der Waals surface area contributed by atoms with Gasteiger partial charge in [0.2, 0.25) is 0 Å². The largest absolute Gasteiger partial charge is 0.494 e. The van der Waals surface area contributed by atoms with Gasteiger partial charge in [0.15, 0.2) is 0 Å². The van der Waals surface area contributed by atoms with Crippen molar-refractivity contribution in [3.05, 3.63) is 29.8 Å². The van der Waals surface area contributed by atoms with Crippen LogP contribution in [-0.2, 0) is 4.79 Å². The fourth-order valence-electron chi connectivity index (χ4n) is 2.99. The summed E-state index contributed by atoms with van der Waals surface area (Å²) in [6.45, 7) is 7.27. The van der Waals surface area contributed by atoms with Crippen LogP contribution in [0.25, 0.3) is 0 Å². The Kier molecular flexibility index (Phi) is 6.86. The Morgan fingerprint density at radius 2 is 2.13 bits per heavy atom. The molecule has 23 heavy (non-hydrogen) atoms. The number of hydrogen-bond donors (Lipinski definition) is 2. The Morgan fingerprint density at radius 1 is 1.39 bits per heavy atom. The minimum atomic E-state index is -0.796. The van der Waals surface area contributed by atoms with Crippen molar-refractivity contribution in [3.63, 3.8) is 0 Å². The number of carbonyl (C=O) groups is 1. The lowest BCUT2D eigenvalue weighted by Gasteiger charge is -2.36. The Labute approximate surface area is 138 Å². The highest BCUT2D eigenvalue weighted by Crippen LogP contribution is 2.24. The molecule has 2 atom stereocenters. The summed E-state index contributed by atoms with van der Waals surface area (Å²) in [5.74, 6) is 0.0124. The van der Waals surface area contributed by atoms with Crippen molar-refractivity contribution in [2.45, 2.75) is 45.2 Å². The van der Waals surface area contributed by atoms with Crippen LogP contribution in [0.1, 0.15) is 44.7 Å². The third kappa shape index (κ3) is 5.22. The Bertz CT molecular complexity index is 490. The van der Waals surface area contributed by atoms with Crippen molar-refractivity contribution in [1.29, 1.82) is 0 Å². The van der Waals surface area contributed by atoms with Crippen molar-refractivity contribution in [2.24, 2.45) is 0 Å². The molecule has 1 aromatic carbocycles. The van der Waals surface area contributed by atoms with E-state index in [2.05, 4.69) is 19.2 Å². The molecular formula is C18H28N2O3. The fourth-order valence-corrected chi connectivity index (χ4v) is 2.99. The predicted octanol–water partition coefficient (Wildman–Crippen LogP) is 2.68. The zero-order chi connectivity index (χ0) is 16.7. The minimum absolute atomic E-state index is 0.312. The number of carboxylic acids is 1. The highest BCUT2D eigenvalue weighted by atomic mass is 16.5. The summed E-state index contributed by atoms with van der Waals surface area (Å²) < 4.78 is 5.69. The molecule has 1 aliphatic heterocycles. The number of hydrogen-bond acceptors (Lipinski definition) is 4. The van der Waals surface area contributed by atoms with E-state index in [4.69, 9.17) is 4.74 Å². The summed E-state index contributed by atoms with van der Waals surface area (Å²) in [7, 11) is 0. The van der Waals surface area contributed by atoms with Crippen LogP contribution in [0, 0.1) is 0 Å². The van der Waals surface area contributed by atoms with Crippen LogP contribution in [0.2, 0.25) is 0 Å². The number of nitrogens with one attached hydrogen (secondary N) is 1. The van der Waals surface area contributed by atoms with Gasteiger partial charge in [-0.15, -0.1) is 0 Å². The molecule has 0 radical (unpaired) electrons. The van der Waals surface area contributed by atoms with Crippen LogP contribution >= 0.6 is 0 Å². The monoisotopic (exact) mass is 320 g/mol. The van der Waals surface area contributed by atoms with Crippen LogP contribution in [-0.4, -0.2) is 48.3 Å². The second-order valence-corrected chi connectivity index (χ2v) is 6.22. The van der Waals surface area contributed by atoms with Gasteiger partial charge < -0.3 is 15.2 Å². The first-order valence-corrected chi connectivity index (χ1v) is 8.54. The van der Waals surface area contributed by atoms with Crippen LogP contribution < -0.4 is 10.1 Å².